The molecule has 51 heavy (non-hydrogen) atoms. The van der Waals surface area contributed by atoms with Crippen molar-refractivity contribution >= 4 is 23.9 Å². The zero-order valence-electron chi connectivity index (χ0n) is 28.1. The lowest BCUT2D eigenvalue weighted by molar-refractivity contribution is 0.199. The van der Waals surface area contributed by atoms with Gasteiger partial charge in [-0.2, -0.15) is 0 Å². The lowest BCUT2D eigenvalue weighted by Crippen LogP contribution is -2.26. The topological polar surface area (TPSA) is 117 Å². The third-order valence-corrected chi connectivity index (χ3v) is 9.17. The van der Waals surface area contributed by atoms with E-state index < -0.39 is 12.2 Å². The summed E-state index contributed by atoms with van der Waals surface area (Å²) in [4.78, 5) is 27.2. The monoisotopic (exact) mass is 696 g/mol. The number of rotatable bonds is 10. The number of ether oxygens (including phenoxy) is 2. The van der Waals surface area contributed by atoms with Crippen molar-refractivity contribution in [2.45, 2.75) is 36.7 Å². The van der Waals surface area contributed by atoms with Gasteiger partial charge in [0.15, 0.2) is 0 Å². The average molecular weight is 697 g/mol. The molecule has 8 nitrogen and oxygen atoms in total. The number of hydrogen-bond donors (Lipinski definition) is 4. The summed E-state index contributed by atoms with van der Waals surface area (Å²) < 4.78 is 11.3. The normalized spacial score (nSPS) is 10.7. The average Bonchev–Trinajstić information content (AvgIpc) is 3.13. The highest BCUT2D eigenvalue weighted by Crippen LogP contribution is 2.43. The molecule has 0 saturated carbocycles. The van der Waals surface area contributed by atoms with Crippen molar-refractivity contribution in [3.05, 3.63) is 156 Å². The van der Waals surface area contributed by atoms with E-state index in [2.05, 4.69) is 10.6 Å². The molecule has 0 aliphatic carbocycles. The molecule has 6 aromatic rings. The molecule has 0 aromatic heterocycles. The molecule has 0 bridgehead atoms. The van der Waals surface area contributed by atoms with E-state index in [4.69, 9.17) is 9.47 Å². The Kier molecular flexibility index (Phi) is 10.9. The number of phenolic OH excluding ortho intramolecular Hbond substituents is 2. The quantitative estimate of drug-likeness (QED) is 0.113. The Hall–Kier alpha value is -6.19. The fraction of sp³-hybridized carbons (Fsp3) is 0.0952. The first-order chi connectivity index (χ1) is 24.7. The summed E-state index contributed by atoms with van der Waals surface area (Å²) in [6.07, 6.45) is -1.17. The third-order valence-electron chi connectivity index (χ3n) is 8.01. The van der Waals surface area contributed by atoms with Crippen LogP contribution in [-0.4, -0.2) is 22.4 Å². The second-order valence-electron chi connectivity index (χ2n) is 12.0. The summed E-state index contributed by atoms with van der Waals surface area (Å²) in [5.74, 6) is 0.957. The summed E-state index contributed by atoms with van der Waals surface area (Å²) in [7, 11) is 0. The molecule has 0 saturated heterocycles. The molecule has 2 amide bonds. The van der Waals surface area contributed by atoms with Crippen molar-refractivity contribution in [2.24, 2.45) is 0 Å². The van der Waals surface area contributed by atoms with Crippen LogP contribution in [0, 0.1) is 13.8 Å². The molecule has 0 heterocycles. The van der Waals surface area contributed by atoms with Gasteiger partial charge in [-0.15, -0.1) is 0 Å². The van der Waals surface area contributed by atoms with Crippen LogP contribution in [0.2, 0.25) is 0 Å². The molecule has 0 aliphatic rings. The fourth-order valence-electron chi connectivity index (χ4n) is 5.22. The summed E-state index contributed by atoms with van der Waals surface area (Å²) in [6, 6.07) is 40.1. The Morgan fingerprint density at radius 3 is 1.27 bits per heavy atom. The van der Waals surface area contributed by atoms with Gasteiger partial charge in [0.25, 0.3) is 0 Å². The Labute approximate surface area is 300 Å². The number of hydrogen-bond acceptors (Lipinski definition) is 7. The number of phenols is 2. The minimum absolute atomic E-state index is 0.129. The Bertz CT molecular complexity index is 1980. The van der Waals surface area contributed by atoms with E-state index in [0.717, 1.165) is 54.3 Å². The van der Waals surface area contributed by atoms with Crippen molar-refractivity contribution in [1.82, 2.24) is 10.6 Å². The van der Waals surface area contributed by atoms with Gasteiger partial charge in [-0.1, -0.05) is 95.7 Å². The smallest absolute Gasteiger partial charge is 0.412 e. The summed E-state index contributed by atoms with van der Waals surface area (Å²) in [5.41, 5.74) is 7.34. The lowest BCUT2D eigenvalue weighted by atomic mass is 10.0. The molecular weight excluding hydrogens is 661 g/mol. The molecule has 0 spiro atoms. The van der Waals surface area contributed by atoms with Crippen molar-refractivity contribution in [2.75, 3.05) is 0 Å². The van der Waals surface area contributed by atoms with Crippen molar-refractivity contribution in [3.63, 3.8) is 0 Å². The maximum absolute atomic E-state index is 12.8. The molecule has 0 aliphatic heterocycles. The minimum Gasteiger partial charge on any atom is -0.508 e. The van der Waals surface area contributed by atoms with Gasteiger partial charge in [0.1, 0.15) is 23.0 Å². The van der Waals surface area contributed by atoms with Crippen LogP contribution >= 0.6 is 11.8 Å². The second-order valence-corrected chi connectivity index (χ2v) is 13.1. The first kappa shape index (κ1) is 34.7. The van der Waals surface area contributed by atoms with E-state index in [1.165, 1.54) is 11.8 Å². The van der Waals surface area contributed by atoms with Gasteiger partial charge in [0, 0.05) is 22.9 Å². The molecule has 6 aromatic carbocycles. The third kappa shape index (κ3) is 9.49. The second kappa shape index (κ2) is 16.0. The fourth-order valence-corrected chi connectivity index (χ4v) is 6.30. The SMILES string of the molecule is Cc1ccc(CNC(=O)Oc2ccc(Sc3ccc(OC(=O)NCc4ccc(C)cc4)cc3-c3ccc(O)cc3)c(-c3ccc(O)cc3)c2)cc1. The number of aromatic hydroxyl groups is 2. The zero-order valence-corrected chi connectivity index (χ0v) is 28.9. The van der Waals surface area contributed by atoms with Gasteiger partial charge >= 0.3 is 12.2 Å². The van der Waals surface area contributed by atoms with Crippen LogP contribution in [0.3, 0.4) is 0 Å². The predicted molar refractivity (Wildman–Crippen MR) is 199 cm³/mol. The van der Waals surface area contributed by atoms with Gasteiger partial charge in [0.05, 0.1) is 0 Å². The van der Waals surface area contributed by atoms with E-state index >= 15 is 0 Å². The van der Waals surface area contributed by atoms with Crippen molar-refractivity contribution in [1.29, 1.82) is 0 Å². The maximum atomic E-state index is 12.8. The molecule has 4 N–H and O–H groups in total. The largest absolute Gasteiger partial charge is 0.508 e. The van der Waals surface area contributed by atoms with Gasteiger partial charge < -0.3 is 30.3 Å². The van der Waals surface area contributed by atoms with E-state index in [1.807, 2.05) is 74.5 Å². The summed E-state index contributed by atoms with van der Waals surface area (Å²) in [6.45, 7) is 4.66. The van der Waals surface area contributed by atoms with Crippen LogP contribution in [0.25, 0.3) is 22.3 Å². The number of benzene rings is 6. The Balaban J connectivity index is 1.25. The van der Waals surface area contributed by atoms with Crippen molar-refractivity contribution < 1.29 is 29.3 Å². The Morgan fingerprint density at radius 2 is 0.902 bits per heavy atom. The van der Waals surface area contributed by atoms with E-state index in [0.29, 0.717) is 24.6 Å². The summed E-state index contributed by atoms with van der Waals surface area (Å²) >= 11 is 1.47. The zero-order chi connectivity index (χ0) is 35.7. The molecule has 256 valence electrons. The molecule has 6 rings (SSSR count). The van der Waals surface area contributed by atoms with Crippen molar-refractivity contribution in [3.8, 4) is 45.3 Å². The van der Waals surface area contributed by atoms with Crippen LogP contribution < -0.4 is 20.1 Å². The van der Waals surface area contributed by atoms with E-state index in [1.54, 1.807) is 72.8 Å². The summed E-state index contributed by atoms with van der Waals surface area (Å²) in [5, 5.41) is 25.6. The first-order valence-corrected chi connectivity index (χ1v) is 17.1. The lowest BCUT2D eigenvalue weighted by Gasteiger charge is -2.16. The number of carbonyl (C=O) groups excluding carboxylic acids is 2. The van der Waals surface area contributed by atoms with Crippen LogP contribution in [-0.2, 0) is 13.1 Å². The van der Waals surface area contributed by atoms with Crippen LogP contribution in [0.4, 0.5) is 9.59 Å². The number of carbonyl (C=O) groups is 2. The molecular formula is C42H36N2O6S. The van der Waals surface area contributed by atoms with E-state index in [-0.39, 0.29) is 11.5 Å². The van der Waals surface area contributed by atoms with Gasteiger partial charge in [0.2, 0.25) is 0 Å². The minimum atomic E-state index is -0.583. The van der Waals surface area contributed by atoms with Crippen LogP contribution in [0.1, 0.15) is 22.3 Å². The molecule has 9 heteroatoms. The maximum Gasteiger partial charge on any atom is 0.412 e. The highest BCUT2D eigenvalue weighted by atomic mass is 32.2. The molecule has 0 unspecified atom stereocenters. The first-order valence-electron chi connectivity index (χ1n) is 16.3. The van der Waals surface area contributed by atoms with Gasteiger partial charge in [-0.3, -0.25) is 0 Å². The number of aryl methyl sites for hydroxylation is 2. The molecule has 0 radical (unpaired) electrons. The highest BCUT2D eigenvalue weighted by molar-refractivity contribution is 7.99. The van der Waals surface area contributed by atoms with Crippen LogP contribution in [0.5, 0.6) is 23.0 Å². The van der Waals surface area contributed by atoms with E-state index in [9.17, 15) is 19.8 Å². The molecule has 0 atom stereocenters. The molecule has 0 fully saturated rings. The number of nitrogens with one attached hydrogen (secondary N) is 2. The van der Waals surface area contributed by atoms with Crippen LogP contribution in [0.15, 0.2) is 143 Å². The van der Waals surface area contributed by atoms with Gasteiger partial charge in [-0.05, 0) is 108 Å². The predicted octanol–water partition coefficient (Wildman–Crippen LogP) is 9.78. The highest BCUT2D eigenvalue weighted by Gasteiger charge is 2.16. The standard InChI is InChI=1S/C42H36N2O6S/c1-27-3-7-29(8-4-27)25-43-41(47)49-35-19-21-39(37(23-35)31-11-15-33(45)16-12-31)51-40-22-20-36(24-38(40)32-13-17-34(46)18-14-32)50-42(48)44-26-30-9-5-28(2)6-10-30/h3-24,45-46H,25-26H2,1-2H3,(H,43,47)(H,44,48). The Morgan fingerprint density at radius 1 is 0.529 bits per heavy atom. The number of amides is 2. The van der Waals surface area contributed by atoms with Gasteiger partial charge in [-0.25, -0.2) is 9.59 Å².